The number of nitrogens with zero attached hydrogens (tertiary/aromatic N) is 3. The van der Waals surface area contributed by atoms with E-state index in [0.29, 0.717) is 35.8 Å². The number of piperidine rings is 1. The number of aryl methyl sites for hydroxylation is 2. The standard InChI is InChI=1S/C19H23N3O3S2/c1-14-17(26-15(2)20-14)27(24,25)21-11-6-9-19(13-21)10-12-22(18(19)23)16-7-4-3-5-8-16/h3-5,7-8H,6,9-13H2,1-2H3. The van der Waals surface area contributed by atoms with Crippen molar-refractivity contribution in [1.82, 2.24) is 9.29 Å². The molecule has 8 heteroatoms. The lowest BCUT2D eigenvalue weighted by molar-refractivity contribution is -0.127. The summed E-state index contributed by atoms with van der Waals surface area (Å²) in [5.74, 6) is 0.0470. The van der Waals surface area contributed by atoms with Crippen LogP contribution in [0.15, 0.2) is 34.5 Å². The molecule has 1 aromatic heterocycles. The molecule has 2 fully saturated rings. The monoisotopic (exact) mass is 405 g/mol. The Labute approximate surface area is 163 Å². The molecule has 144 valence electrons. The molecule has 1 aromatic carbocycles. The number of para-hydroxylation sites is 1. The summed E-state index contributed by atoms with van der Waals surface area (Å²) in [4.78, 5) is 19.3. The third-order valence-electron chi connectivity index (χ3n) is 5.56. The zero-order valence-corrected chi connectivity index (χ0v) is 17.1. The predicted octanol–water partition coefficient (Wildman–Crippen LogP) is 2.97. The average Bonchev–Trinajstić information content (AvgIpc) is 3.16. The van der Waals surface area contributed by atoms with E-state index in [9.17, 15) is 13.2 Å². The summed E-state index contributed by atoms with van der Waals surface area (Å²) >= 11 is 1.21. The molecule has 1 amide bonds. The highest BCUT2D eigenvalue weighted by Crippen LogP contribution is 2.43. The molecule has 6 nitrogen and oxygen atoms in total. The van der Waals surface area contributed by atoms with Crippen LogP contribution in [0.5, 0.6) is 0 Å². The first-order valence-corrected chi connectivity index (χ1v) is 11.4. The molecule has 0 N–H and O–H groups in total. The molecule has 2 aliphatic rings. The van der Waals surface area contributed by atoms with Gasteiger partial charge in [0.05, 0.1) is 16.1 Å². The predicted molar refractivity (Wildman–Crippen MR) is 105 cm³/mol. The highest BCUT2D eigenvalue weighted by Gasteiger charge is 2.51. The van der Waals surface area contributed by atoms with Gasteiger partial charge in [-0.25, -0.2) is 13.4 Å². The van der Waals surface area contributed by atoms with E-state index in [1.54, 1.807) is 11.8 Å². The summed E-state index contributed by atoms with van der Waals surface area (Å²) in [6, 6.07) is 9.61. The van der Waals surface area contributed by atoms with Crippen LogP contribution in [-0.4, -0.2) is 43.2 Å². The first-order valence-electron chi connectivity index (χ1n) is 9.15. The van der Waals surface area contributed by atoms with E-state index in [1.165, 1.54) is 15.6 Å². The molecule has 0 aliphatic carbocycles. The first kappa shape index (κ1) is 18.6. The molecule has 1 unspecified atom stereocenters. The number of rotatable bonds is 3. The quantitative estimate of drug-likeness (QED) is 0.787. The Kier molecular flexibility index (Phi) is 4.60. The second-order valence-electron chi connectivity index (χ2n) is 7.37. The number of sulfonamides is 1. The molecule has 0 bridgehead atoms. The Bertz CT molecular complexity index is 971. The fraction of sp³-hybridized carbons (Fsp3) is 0.474. The van der Waals surface area contributed by atoms with Crippen molar-refractivity contribution >= 4 is 33.0 Å². The van der Waals surface area contributed by atoms with E-state index >= 15 is 0 Å². The van der Waals surface area contributed by atoms with E-state index < -0.39 is 15.4 Å². The van der Waals surface area contributed by atoms with Crippen molar-refractivity contribution < 1.29 is 13.2 Å². The second kappa shape index (κ2) is 6.68. The molecule has 2 saturated heterocycles. The van der Waals surface area contributed by atoms with E-state index in [2.05, 4.69) is 4.98 Å². The number of anilines is 1. The Morgan fingerprint density at radius 3 is 2.52 bits per heavy atom. The van der Waals surface area contributed by atoms with Crippen LogP contribution in [0, 0.1) is 19.3 Å². The highest BCUT2D eigenvalue weighted by atomic mass is 32.2. The normalized spacial score (nSPS) is 24.1. The van der Waals surface area contributed by atoms with Gasteiger partial charge in [-0.2, -0.15) is 4.31 Å². The number of carbonyl (C=O) groups excluding carboxylic acids is 1. The third-order valence-corrected chi connectivity index (χ3v) is 9.06. The molecule has 0 saturated carbocycles. The minimum absolute atomic E-state index is 0.0470. The molecule has 4 rings (SSSR count). The number of benzene rings is 1. The first-order chi connectivity index (χ1) is 12.8. The van der Waals surface area contributed by atoms with Gasteiger partial charge in [-0.1, -0.05) is 18.2 Å². The maximum atomic E-state index is 13.3. The number of aromatic nitrogens is 1. The van der Waals surface area contributed by atoms with Gasteiger partial charge >= 0.3 is 0 Å². The molecule has 1 spiro atoms. The summed E-state index contributed by atoms with van der Waals surface area (Å²) in [7, 11) is -3.62. The van der Waals surface area contributed by atoms with Crippen molar-refractivity contribution in [3.8, 4) is 0 Å². The zero-order chi connectivity index (χ0) is 19.2. The number of carbonyl (C=O) groups is 1. The summed E-state index contributed by atoms with van der Waals surface area (Å²) in [5.41, 5.74) is 0.809. The number of amides is 1. The largest absolute Gasteiger partial charge is 0.312 e. The fourth-order valence-corrected chi connectivity index (χ4v) is 7.40. The van der Waals surface area contributed by atoms with Crippen molar-refractivity contribution in [2.45, 2.75) is 37.3 Å². The van der Waals surface area contributed by atoms with Gasteiger partial charge in [-0.3, -0.25) is 4.79 Å². The Balaban J connectivity index is 1.62. The van der Waals surface area contributed by atoms with Crippen LogP contribution in [0.2, 0.25) is 0 Å². The molecule has 0 radical (unpaired) electrons. The lowest BCUT2D eigenvalue weighted by Crippen LogP contribution is -2.49. The van der Waals surface area contributed by atoms with Crippen LogP contribution in [0.25, 0.3) is 0 Å². The van der Waals surface area contributed by atoms with Crippen molar-refractivity contribution in [3.63, 3.8) is 0 Å². The van der Waals surface area contributed by atoms with Gasteiger partial charge in [0, 0.05) is 25.3 Å². The van der Waals surface area contributed by atoms with E-state index in [4.69, 9.17) is 0 Å². The summed E-state index contributed by atoms with van der Waals surface area (Å²) < 4.78 is 28.2. The average molecular weight is 406 g/mol. The van der Waals surface area contributed by atoms with Crippen LogP contribution in [0.3, 0.4) is 0 Å². The number of hydrogen-bond donors (Lipinski definition) is 0. The van der Waals surface area contributed by atoms with E-state index in [1.807, 2.05) is 37.3 Å². The van der Waals surface area contributed by atoms with Crippen LogP contribution in [0.1, 0.15) is 30.0 Å². The van der Waals surface area contributed by atoms with Crippen LogP contribution in [-0.2, 0) is 14.8 Å². The van der Waals surface area contributed by atoms with Crippen LogP contribution in [0.4, 0.5) is 5.69 Å². The third kappa shape index (κ3) is 3.09. The van der Waals surface area contributed by atoms with Gasteiger partial charge in [0.15, 0.2) is 4.21 Å². The Morgan fingerprint density at radius 2 is 1.85 bits per heavy atom. The highest BCUT2D eigenvalue weighted by molar-refractivity contribution is 7.91. The molecule has 27 heavy (non-hydrogen) atoms. The van der Waals surface area contributed by atoms with Gasteiger partial charge in [-0.15, -0.1) is 11.3 Å². The minimum atomic E-state index is -3.62. The van der Waals surface area contributed by atoms with Gasteiger partial charge in [-0.05, 0) is 45.2 Å². The van der Waals surface area contributed by atoms with Crippen molar-refractivity contribution in [1.29, 1.82) is 0 Å². The number of hydrogen-bond acceptors (Lipinski definition) is 5. The topological polar surface area (TPSA) is 70.6 Å². The van der Waals surface area contributed by atoms with Gasteiger partial charge in [0.25, 0.3) is 10.0 Å². The molecular weight excluding hydrogens is 382 g/mol. The smallest absolute Gasteiger partial charge is 0.254 e. The second-order valence-corrected chi connectivity index (χ2v) is 10.7. The number of thiazole rings is 1. The molecule has 2 aromatic rings. The molecule has 2 aliphatic heterocycles. The molecular formula is C19H23N3O3S2. The molecule has 3 heterocycles. The zero-order valence-electron chi connectivity index (χ0n) is 15.5. The maximum Gasteiger partial charge on any atom is 0.254 e. The van der Waals surface area contributed by atoms with Gasteiger partial charge < -0.3 is 4.90 Å². The summed E-state index contributed by atoms with van der Waals surface area (Å²) in [5, 5.41) is 0.741. The SMILES string of the molecule is Cc1nc(C)c(S(=O)(=O)N2CCCC3(CCN(c4ccccc4)C3=O)C2)s1. The van der Waals surface area contributed by atoms with E-state index in [-0.39, 0.29) is 12.5 Å². The maximum absolute atomic E-state index is 13.3. The minimum Gasteiger partial charge on any atom is -0.312 e. The Hall–Kier alpha value is -1.77. The van der Waals surface area contributed by atoms with Crippen molar-refractivity contribution in [3.05, 3.63) is 41.0 Å². The lowest BCUT2D eigenvalue weighted by atomic mass is 9.79. The van der Waals surface area contributed by atoms with Gasteiger partial charge in [0.2, 0.25) is 5.91 Å². The van der Waals surface area contributed by atoms with Gasteiger partial charge in [0.1, 0.15) is 0 Å². The van der Waals surface area contributed by atoms with Crippen molar-refractivity contribution in [2.75, 3.05) is 24.5 Å². The van der Waals surface area contributed by atoms with Crippen LogP contribution < -0.4 is 4.90 Å². The summed E-state index contributed by atoms with van der Waals surface area (Å²) in [6.45, 7) is 4.89. The summed E-state index contributed by atoms with van der Waals surface area (Å²) in [6.07, 6.45) is 2.12. The lowest BCUT2D eigenvalue weighted by Gasteiger charge is -2.38. The van der Waals surface area contributed by atoms with Crippen LogP contribution >= 0.6 is 11.3 Å². The Morgan fingerprint density at radius 1 is 1.11 bits per heavy atom. The van der Waals surface area contributed by atoms with E-state index in [0.717, 1.165) is 17.1 Å². The molecule has 1 atom stereocenters. The van der Waals surface area contributed by atoms with Crippen molar-refractivity contribution in [2.24, 2.45) is 5.41 Å². The fourth-order valence-electron chi connectivity index (χ4n) is 4.22.